The van der Waals surface area contributed by atoms with E-state index < -0.39 is 0 Å². The van der Waals surface area contributed by atoms with Crippen LogP contribution in [0.3, 0.4) is 0 Å². The number of hydrogen-bond donors (Lipinski definition) is 0. The molecule has 0 radical (unpaired) electrons. The van der Waals surface area contributed by atoms with Gasteiger partial charge in [0.1, 0.15) is 5.58 Å². The summed E-state index contributed by atoms with van der Waals surface area (Å²) in [6.45, 7) is 5.09. The van der Waals surface area contributed by atoms with Crippen molar-refractivity contribution in [1.29, 1.82) is 0 Å². The summed E-state index contributed by atoms with van der Waals surface area (Å²) >= 11 is 0. The van der Waals surface area contributed by atoms with Crippen LogP contribution in [0.2, 0.25) is 0 Å². The average Bonchev–Trinajstić information content (AvgIpc) is 3.05. The summed E-state index contributed by atoms with van der Waals surface area (Å²) in [5, 5.41) is 3.04. The van der Waals surface area contributed by atoms with Gasteiger partial charge in [-0.05, 0) is 32.1 Å². The second-order valence-electron chi connectivity index (χ2n) is 7.06. The minimum atomic E-state index is -0.256. The van der Waals surface area contributed by atoms with Crippen LogP contribution in [0.25, 0.3) is 21.7 Å². The number of likely N-dealkylation sites (tertiary alicyclic amines) is 1. The topological polar surface area (TPSA) is 59.8 Å². The Hall–Kier alpha value is -2.82. The lowest BCUT2D eigenvalue weighted by molar-refractivity contribution is -0.149. The molecule has 1 atom stereocenters. The Balaban J connectivity index is 1.67. The molecule has 0 unspecified atom stereocenters. The van der Waals surface area contributed by atoms with E-state index in [9.17, 15) is 9.59 Å². The zero-order valence-corrected chi connectivity index (χ0v) is 15.7. The zero-order chi connectivity index (χ0) is 19.0. The predicted molar refractivity (Wildman–Crippen MR) is 104 cm³/mol. The number of hydrogen-bond acceptors (Lipinski definition) is 4. The van der Waals surface area contributed by atoms with E-state index in [1.165, 1.54) is 0 Å². The van der Waals surface area contributed by atoms with Crippen LogP contribution in [-0.2, 0) is 9.53 Å². The van der Waals surface area contributed by atoms with Gasteiger partial charge in [0.05, 0.1) is 12.5 Å². The third kappa shape index (κ3) is 3.07. The summed E-state index contributed by atoms with van der Waals surface area (Å²) in [7, 11) is 0. The molecule has 1 amide bonds. The third-order valence-corrected chi connectivity index (χ3v) is 5.35. The summed E-state index contributed by atoms with van der Waals surface area (Å²) in [5.41, 5.74) is 1.59. The fourth-order valence-corrected chi connectivity index (χ4v) is 3.91. The van der Waals surface area contributed by atoms with Crippen molar-refractivity contribution in [2.75, 3.05) is 19.7 Å². The normalized spacial score (nSPS) is 17.4. The highest BCUT2D eigenvalue weighted by atomic mass is 16.5. The van der Waals surface area contributed by atoms with Gasteiger partial charge in [-0.1, -0.05) is 36.4 Å². The number of benzene rings is 2. The van der Waals surface area contributed by atoms with E-state index in [1.54, 1.807) is 11.8 Å². The van der Waals surface area contributed by atoms with Gasteiger partial charge in [-0.2, -0.15) is 0 Å². The van der Waals surface area contributed by atoms with Gasteiger partial charge in [-0.25, -0.2) is 0 Å². The van der Waals surface area contributed by atoms with Crippen LogP contribution in [-0.4, -0.2) is 36.5 Å². The molecule has 5 heteroatoms. The number of aryl methyl sites for hydroxylation is 1. The van der Waals surface area contributed by atoms with Crippen molar-refractivity contribution < 1.29 is 18.7 Å². The maximum Gasteiger partial charge on any atom is 0.310 e. The summed E-state index contributed by atoms with van der Waals surface area (Å²) in [6, 6.07) is 12.0. The van der Waals surface area contributed by atoms with Gasteiger partial charge in [-0.3, -0.25) is 9.59 Å². The average molecular weight is 365 g/mol. The van der Waals surface area contributed by atoms with E-state index in [-0.39, 0.29) is 17.8 Å². The monoisotopic (exact) mass is 365 g/mol. The number of carbonyl (C=O) groups excluding carboxylic acids is 2. The number of amides is 1. The van der Waals surface area contributed by atoms with Crippen LogP contribution in [0.15, 0.2) is 40.8 Å². The minimum Gasteiger partial charge on any atom is -0.466 e. The van der Waals surface area contributed by atoms with E-state index in [0.29, 0.717) is 25.5 Å². The second-order valence-corrected chi connectivity index (χ2v) is 7.06. The van der Waals surface area contributed by atoms with E-state index in [2.05, 4.69) is 0 Å². The number of piperidine rings is 1. The largest absolute Gasteiger partial charge is 0.466 e. The summed E-state index contributed by atoms with van der Waals surface area (Å²) in [5.74, 6) is -0.261. The molecule has 0 bridgehead atoms. The Morgan fingerprint density at radius 1 is 1.19 bits per heavy atom. The van der Waals surface area contributed by atoms with Gasteiger partial charge in [0.25, 0.3) is 5.91 Å². The molecular formula is C22H23NO4. The molecule has 0 N–H and O–H groups in total. The number of esters is 1. The number of nitrogens with zero attached hydrogens (tertiary/aromatic N) is 1. The first-order valence-corrected chi connectivity index (χ1v) is 9.47. The molecule has 0 aliphatic carbocycles. The molecule has 27 heavy (non-hydrogen) atoms. The standard InChI is InChI=1S/C22H23NO4/c1-3-26-22(25)16-8-6-12-23(13-16)21(24)19-14(2)17-11-10-15-7-4-5-9-18(15)20(17)27-19/h4-5,7,9-11,16H,3,6,8,12-13H2,1-2H3/t16-/m0/s1. The van der Waals surface area contributed by atoms with Crippen molar-refractivity contribution in [3.05, 3.63) is 47.7 Å². The van der Waals surface area contributed by atoms with Crippen molar-refractivity contribution in [3.63, 3.8) is 0 Å². The number of carbonyl (C=O) groups is 2. The van der Waals surface area contributed by atoms with Crippen LogP contribution in [0.5, 0.6) is 0 Å². The highest BCUT2D eigenvalue weighted by Crippen LogP contribution is 2.33. The SMILES string of the molecule is CCOC(=O)[C@H]1CCCN(C(=O)c2oc3c(ccc4ccccc43)c2C)C1. The van der Waals surface area contributed by atoms with E-state index in [4.69, 9.17) is 9.15 Å². The predicted octanol–water partition coefficient (Wildman–Crippen LogP) is 4.31. The molecule has 1 aromatic heterocycles. The van der Waals surface area contributed by atoms with E-state index >= 15 is 0 Å². The molecule has 1 saturated heterocycles. The van der Waals surface area contributed by atoms with Crippen molar-refractivity contribution in [1.82, 2.24) is 4.90 Å². The highest BCUT2D eigenvalue weighted by Gasteiger charge is 2.32. The van der Waals surface area contributed by atoms with Crippen LogP contribution in [0, 0.1) is 12.8 Å². The second kappa shape index (κ2) is 7.06. The van der Waals surface area contributed by atoms with Crippen LogP contribution >= 0.6 is 0 Å². The molecule has 0 spiro atoms. The number of rotatable bonds is 3. The van der Waals surface area contributed by atoms with Crippen molar-refractivity contribution in [2.24, 2.45) is 5.92 Å². The van der Waals surface area contributed by atoms with Gasteiger partial charge in [0.2, 0.25) is 0 Å². The lowest BCUT2D eigenvalue weighted by Crippen LogP contribution is -2.42. The van der Waals surface area contributed by atoms with Crippen molar-refractivity contribution >= 4 is 33.6 Å². The lowest BCUT2D eigenvalue weighted by atomic mass is 9.97. The molecule has 1 aliphatic heterocycles. The number of ether oxygens (including phenoxy) is 1. The van der Waals surface area contributed by atoms with Crippen molar-refractivity contribution in [3.8, 4) is 0 Å². The summed E-state index contributed by atoms with van der Waals surface area (Å²) in [4.78, 5) is 26.9. The molecule has 1 aliphatic rings. The molecule has 140 valence electrons. The van der Waals surface area contributed by atoms with Gasteiger partial charge in [-0.15, -0.1) is 0 Å². The van der Waals surface area contributed by atoms with Gasteiger partial charge in [0.15, 0.2) is 5.76 Å². The van der Waals surface area contributed by atoms with Crippen LogP contribution in [0.1, 0.15) is 35.9 Å². The fraction of sp³-hybridized carbons (Fsp3) is 0.364. The first-order chi connectivity index (χ1) is 13.1. The quantitative estimate of drug-likeness (QED) is 0.649. The minimum absolute atomic E-state index is 0.151. The Kier molecular flexibility index (Phi) is 4.60. The molecule has 4 rings (SSSR count). The van der Waals surface area contributed by atoms with Crippen molar-refractivity contribution in [2.45, 2.75) is 26.7 Å². The third-order valence-electron chi connectivity index (χ3n) is 5.35. The van der Waals surface area contributed by atoms with E-state index in [0.717, 1.165) is 40.1 Å². The first-order valence-electron chi connectivity index (χ1n) is 9.47. The molecule has 2 heterocycles. The van der Waals surface area contributed by atoms with E-state index in [1.807, 2.05) is 43.3 Å². The van der Waals surface area contributed by atoms with Gasteiger partial charge >= 0.3 is 5.97 Å². The molecule has 5 nitrogen and oxygen atoms in total. The molecule has 1 fully saturated rings. The Bertz CT molecular complexity index is 1020. The molecule has 0 saturated carbocycles. The maximum atomic E-state index is 13.1. The Morgan fingerprint density at radius 2 is 2.00 bits per heavy atom. The molecule has 3 aromatic rings. The number of fused-ring (bicyclic) bond motifs is 3. The fourth-order valence-electron chi connectivity index (χ4n) is 3.91. The first kappa shape index (κ1) is 17.6. The van der Waals surface area contributed by atoms with Crippen LogP contribution in [0.4, 0.5) is 0 Å². The zero-order valence-electron chi connectivity index (χ0n) is 15.7. The Labute approximate surface area is 157 Å². The number of furan rings is 1. The summed E-state index contributed by atoms with van der Waals surface area (Å²) in [6.07, 6.45) is 1.55. The van der Waals surface area contributed by atoms with Crippen LogP contribution < -0.4 is 0 Å². The molecule has 2 aromatic carbocycles. The Morgan fingerprint density at radius 3 is 2.81 bits per heavy atom. The smallest absolute Gasteiger partial charge is 0.310 e. The highest BCUT2D eigenvalue weighted by molar-refractivity contribution is 6.08. The van der Waals surface area contributed by atoms with Gasteiger partial charge < -0.3 is 14.1 Å². The lowest BCUT2D eigenvalue weighted by Gasteiger charge is -2.31. The molecular weight excluding hydrogens is 342 g/mol. The van der Waals surface area contributed by atoms with Gasteiger partial charge in [0, 0.05) is 29.4 Å². The summed E-state index contributed by atoms with van der Waals surface area (Å²) < 4.78 is 11.2. The maximum absolute atomic E-state index is 13.1.